The minimum absolute atomic E-state index is 0.0295. The van der Waals surface area contributed by atoms with Crippen LogP contribution in [0.25, 0.3) is 27.6 Å². The third-order valence-corrected chi connectivity index (χ3v) is 11.1. The molecule has 246 valence electrons. The van der Waals surface area contributed by atoms with Gasteiger partial charge in [-0.05, 0) is 83.1 Å². The average Bonchev–Trinajstić information content (AvgIpc) is 3.95. The summed E-state index contributed by atoms with van der Waals surface area (Å²) < 4.78 is 51.9. The summed E-state index contributed by atoms with van der Waals surface area (Å²) in [7, 11) is 0. The van der Waals surface area contributed by atoms with Crippen LogP contribution in [0.1, 0.15) is 62.6 Å². The van der Waals surface area contributed by atoms with Crippen LogP contribution in [0.5, 0.6) is 11.5 Å². The lowest BCUT2D eigenvalue weighted by Gasteiger charge is -2.34. The van der Waals surface area contributed by atoms with Crippen LogP contribution in [0.2, 0.25) is 0 Å². The van der Waals surface area contributed by atoms with Gasteiger partial charge in [0.2, 0.25) is 0 Å². The Morgan fingerprint density at radius 3 is 2.16 bits per heavy atom. The summed E-state index contributed by atoms with van der Waals surface area (Å²) in [5.41, 5.74) is 7.15. The highest BCUT2D eigenvalue weighted by Gasteiger charge is 2.58. The van der Waals surface area contributed by atoms with Gasteiger partial charge in [0.1, 0.15) is 17.3 Å². The summed E-state index contributed by atoms with van der Waals surface area (Å²) in [6.07, 6.45) is 2.84. The molecule has 3 heterocycles. The molecule has 2 fully saturated rings. The first-order valence-corrected chi connectivity index (χ1v) is 17.5. The van der Waals surface area contributed by atoms with E-state index in [9.17, 15) is 0 Å². The van der Waals surface area contributed by atoms with Crippen LogP contribution in [-0.4, -0.2) is 28.3 Å². The number of ether oxygens (including phenoxy) is 1. The Hall–Kier alpha value is -5.55. The SMILES string of the molecule is [2H]c1c([2H])c([2H])c(N2CN(c3cccc(Oc4ccc5c6ccccc6n(-c6cc(C(C)(C)C)ccn6)c5c4)c3)C3C2[C@H]2C[C@@H]3c3ccccc32)c([2H])c1[2H]. The lowest BCUT2D eigenvalue weighted by atomic mass is 9.84. The minimum atomic E-state index is -0.372. The van der Waals surface area contributed by atoms with Crippen molar-refractivity contribution in [2.75, 3.05) is 16.5 Å². The zero-order valence-electron chi connectivity index (χ0n) is 33.3. The maximum atomic E-state index is 8.90. The maximum Gasteiger partial charge on any atom is 0.137 e. The molecule has 5 nitrogen and oxygen atoms in total. The highest BCUT2D eigenvalue weighted by molar-refractivity contribution is 6.09. The summed E-state index contributed by atoms with van der Waals surface area (Å²) in [4.78, 5) is 9.27. The third kappa shape index (κ3) is 4.49. The van der Waals surface area contributed by atoms with Crippen LogP contribution in [-0.2, 0) is 5.41 Å². The van der Waals surface area contributed by atoms with Crippen molar-refractivity contribution in [3.8, 4) is 17.3 Å². The van der Waals surface area contributed by atoms with Crippen molar-refractivity contribution in [1.82, 2.24) is 9.55 Å². The molecule has 2 bridgehead atoms. The fraction of sp³-hybridized carbons (Fsp3) is 0.222. The van der Waals surface area contributed by atoms with Crippen molar-refractivity contribution in [2.24, 2.45) is 0 Å². The highest BCUT2D eigenvalue weighted by atomic mass is 16.5. The van der Waals surface area contributed by atoms with Crippen molar-refractivity contribution in [1.29, 1.82) is 0 Å². The van der Waals surface area contributed by atoms with Gasteiger partial charge in [0.05, 0.1) is 36.6 Å². The number of anilines is 2. The Kier molecular flexibility index (Phi) is 5.39. The van der Waals surface area contributed by atoms with Crippen LogP contribution < -0.4 is 14.5 Å². The number of fused-ring (bicyclic) bond motifs is 11. The van der Waals surface area contributed by atoms with Crippen LogP contribution in [0.4, 0.5) is 11.4 Å². The summed E-state index contributed by atoms with van der Waals surface area (Å²) in [5, 5.41) is 2.26. The number of rotatable bonds is 5. The Balaban J connectivity index is 1.04. The van der Waals surface area contributed by atoms with E-state index in [0.717, 1.165) is 39.7 Å². The first kappa shape index (κ1) is 24.6. The van der Waals surface area contributed by atoms with E-state index in [2.05, 4.69) is 120 Å². The minimum Gasteiger partial charge on any atom is -0.457 e. The van der Waals surface area contributed by atoms with Crippen LogP contribution in [0, 0.1) is 0 Å². The lowest BCUT2D eigenvalue weighted by molar-refractivity contribution is 0.482. The van der Waals surface area contributed by atoms with Crippen molar-refractivity contribution >= 4 is 33.2 Å². The number of hydrogen-bond acceptors (Lipinski definition) is 4. The summed E-state index contributed by atoms with van der Waals surface area (Å²) in [6, 6.07) is 34.3. The van der Waals surface area contributed by atoms with E-state index in [-0.39, 0.29) is 65.2 Å². The standard InChI is InChI=1S/C45H40N4O/c1-45(2,3)29-22-23-46-42(24-29)49-40-19-10-9-18-36(40)37-21-20-33(26-41(37)49)50-32-15-11-14-31(25-32)48-28-47(30-12-5-4-6-13-30)43-38-27-39(44(43)48)35-17-8-7-16-34(35)38/h4-26,38-39,43-44H,27-28H2,1-3H3/t38-,39+,43?,44?/m0/s1/i4D,5D,6D,12D,13D. The number of nitrogens with zero attached hydrogens (tertiary/aromatic N) is 4. The highest BCUT2D eigenvalue weighted by Crippen LogP contribution is 2.59. The predicted molar refractivity (Wildman–Crippen MR) is 204 cm³/mol. The van der Waals surface area contributed by atoms with Crippen molar-refractivity contribution < 1.29 is 11.6 Å². The molecule has 2 aliphatic carbocycles. The van der Waals surface area contributed by atoms with Gasteiger partial charge in [-0.25, -0.2) is 4.98 Å². The second kappa shape index (κ2) is 11.0. The molecule has 4 atom stereocenters. The first-order valence-electron chi connectivity index (χ1n) is 20.0. The van der Waals surface area contributed by atoms with Gasteiger partial charge in [-0.15, -0.1) is 0 Å². The molecule has 2 aromatic heterocycles. The number of hydrogen-bond donors (Lipinski definition) is 0. The van der Waals surface area contributed by atoms with Crippen molar-refractivity contribution in [3.05, 3.63) is 156 Å². The Morgan fingerprint density at radius 2 is 1.38 bits per heavy atom. The molecule has 2 unspecified atom stereocenters. The fourth-order valence-corrected chi connectivity index (χ4v) is 8.98. The van der Waals surface area contributed by atoms with Gasteiger partial charge in [0.25, 0.3) is 0 Å². The molecular weight excluding hydrogens is 613 g/mol. The van der Waals surface area contributed by atoms with Gasteiger partial charge in [0, 0.05) is 52.3 Å². The topological polar surface area (TPSA) is 33.5 Å². The Morgan fingerprint density at radius 1 is 0.680 bits per heavy atom. The number of para-hydroxylation sites is 2. The molecule has 0 radical (unpaired) electrons. The third-order valence-electron chi connectivity index (χ3n) is 11.1. The summed E-state index contributed by atoms with van der Waals surface area (Å²) in [6.45, 7) is 7.03. The van der Waals surface area contributed by atoms with E-state index in [4.69, 9.17) is 16.6 Å². The van der Waals surface area contributed by atoms with E-state index in [0.29, 0.717) is 18.2 Å². The van der Waals surface area contributed by atoms with Gasteiger partial charge in [-0.1, -0.05) is 87.4 Å². The number of pyridine rings is 1. The van der Waals surface area contributed by atoms with Gasteiger partial charge in [-0.3, -0.25) is 4.57 Å². The van der Waals surface area contributed by atoms with Gasteiger partial charge in [0.15, 0.2) is 0 Å². The molecule has 10 rings (SSSR count). The van der Waals surface area contributed by atoms with E-state index >= 15 is 0 Å². The number of aromatic nitrogens is 2. The molecule has 5 aromatic carbocycles. The van der Waals surface area contributed by atoms with E-state index in [1.54, 1.807) is 0 Å². The molecule has 5 heteroatoms. The van der Waals surface area contributed by atoms with Gasteiger partial charge >= 0.3 is 0 Å². The molecule has 50 heavy (non-hydrogen) atoms. The van der Waals surface area contributed by atoms with Gasteiger partial charge in [-0.2, -0.15) is 0 Å². The molecule has 1 saturated heterocycles. The quantitative estimate of drug-likeness (QED) is 0.184. The lowest BCUT2D eigenvalue weighted by Crippen LogP contribution is -2.41. The summed E-state index contributed by atoms with van der Waals surface area (Å²) in [5.74, 6) is 2.69. The molecular formula is C45H40N4O. The molecule has 0 spiro atoms. The van der Waals surface area contributed by atoms with Gasteiger partial charge < -0.3 is 14.5 Å². The average molecular weight is 658 g/mol. The maximum absolute atomic E-state index is 8.90. The zero-order valence-corrected chi connectivity index (χ0v) is 28.3. The smallest absolute Gasteiger partial charge is 0.137 e. The zero-order chi connectivity index (χ0) is 37.9. The van der Waals surface area contributed by atoms with E-state index in [1.165, 1.54) is 16.7 Å². The van der Waals surface area contributed by atoms with Crippen molar-refractivity contribution in [2.45, 2.75) is 56.5 Å². The van der Waals surface area contributed by atoms with Crippen molar-refractivity contribution in [3.63, 3.8) is 0 Å². The molecule has 1 aliphatic heterocycles. The predicted octanol–water partition coefficient (Wildman–Crippen LogP) is 10.6. The fourth-order valence-electron chi connectivity index (χ4n) is 8.98. The first-order chi connectivity index (χ1) is 26.5. The van der Waals surface area contributed by atoms with Crippen LogP contribution >= 0.6 is 0 Å². The molecule has 0 N–H and O–H groups in total. The molecule has 0 amide bonds. The molecule has 3 aliphatic rings. The Bertz CT molecular complexity index is 2670. The Labute approximate surface area is 300 Å². The van der Waals surface area contributed by atoms with E-state index in [1.807, 2.05) is 24.4 Å². The van der Waals surface area contributed by atoms with Crippen LogP contribution in [0.3, 0.4) is 0 Å². The molecule has 1 saturated carbocycles. The second-order valence-corrected chi connectivity index (χ2v) is 14.9. The van der Waals surface area contributed by atoms with E-state index < -0.39 is 0 Å². The largest absolute Gasteiger partial charge is 0.457 e. The van der Waals surface area contributed by atoms with Crippen LogP contribution in [0.15, 0.2) is 140 Å². The number of benzene rings is 5. The normalized spacial score (nSPS) is 22.3. The molecule has 7 aromatic rings. The monoisotopic (exact) mass is 657 g/mol. The summed E-state index contributed by atoms with van der Waals surface area (Å²) >= 11 is 0. The second-order valence-electron chi connectivity index (χ2n) is 14.9.